The largest absolute Gasteiger partial charge is 0.387 e. The van der Waals surface area contributed by atoms with Crippen LogP contribution >= 0.6 is 0 Å². The van der Waals surface area contributed by atoms with Crippen LogP contribution in [0.25, 0.3) is 0 Å². The molecule has 0 spiro atoms. The van der Waals surface area contributed by atoms with E-state index in [1.807, 2.05) is 0 Å². The maximum atomic E-state index is 9.98. The second kappa shape index (κ2) is 4.30. The third kappa shape index (κ3) is 2.75. The van der Waals surface area contributed by atoms with Crippen LogP contribution in [0.5, 0.6) is 0 Å². The molecule has 0 unspecified atom stereocenters. The predicted octanol–water partition coefficient (Wildman–Crippen LogP) is -2.46. The molecule has 4 atom stereocenters. The minimum Gasteiger partial charge on any atom is -0.387 e. The van der Waals surface area contributed by atoms with Gasteiger partial charge in [0.05, 0.1) is 6.07 Å². The van der Waals surface area contributed by atoms with E-state index in [1.165, 1.54) is 6.07 Å². The van der Waals surface area contributed by atoms with Crippen molar-refractivity contribution in [3.63, 3.8) is 0 Å². The van der Waals surface area contributed by atoms with E-state index in [0.717, 1.165) is 6.92 Å². The zero-order valence-electron chi connectivity index (χ0n) is 6.95. The Morgan fingerprint density at radius 1 is 1.46 bits per heavy atom. The van der Waals surface area contributed by atoms with E-state index in [-0.39, 0.29) is 6.29 Å². The van der Waals surface area contributed by atoms with E-state index < -0.39 is 23.9 Å². The number of aliphatic hydroxyl groups excluding tert-OH is 3. The smallest absolute Gasteiger partial charge is 0.176 e. The highest BCUT2D eigenvalue weighted by Crippen LogP contribution is 2.13. The summed E-state index contributed by atoms with van der Waals surface area (Å²) >= 11 is 0. The minimum absolute atomic E-state index is 0.00133. The SMILES string of the molecule is C[C@](O)(C#N)[C@H](O)[C@H](O)[C@@H](O)C=O. The molecule has 0 aliphatic heterocycles. The van der Waals surface area contributed by atoms with Gasteiger partial charge < -0.3 is 25.2 Å². The Morgan fingerprint density at radius 2 is 1.92 bits per heavy atom. The quantitative estimate of drug-likeness (QED) is 0.287. The molecular formula is C7H11NO5. The molecule has 0 heterocycles. The summed E-state index contributed by atoms with van der Waals surface area (Å²) in [7, 11) is 0. The summed E-state index contributed by atoms with van der Waals surface area (Å²) in [5.41, 5.74) is -2.20. The molecule has 0 radical (unpaired) electrons. The van der Waals surface area contributed by atoms with Gasteiger partial charge in [-0.15, -0.1) is 0 Å². The summed E-state index contributed by atoms with van der Waals surface area (Å²) in [6, 6.07) is 1.32. The van der Waals surface area contributed by atoms with Crippen LogP contribution in [0, 0.1) is 11.3 Å². The number of aliphatic hydroxyl groups is 4. The molecule has 0 amide bonds. The third-order valence-electron chi connectivity index (χ3n) is 1.62. The number of hydrogen-bond acceptors (Lipinski definition) is 6. The molecule has 0 aromatic heterocycles. The van der Waals surface area contributed by atoms with Crippen molar-refractivity contribution in [2.24, 2.45) is 0 Å². The van der Waals surface area contributed by atoms with Crippen molar-refractivity contribution < 1.29 is 25.2 Å². The van der Waals surface area contributed by atoms with Gasteiger partial charge >= 0.3 is 0 Å². The molecule has 6 heteroatoms. The number of carbonyl (C=O) groups excluding carboxylic acids is 1. The number of rotatable bonds is 4. The number of nitriles is 1. The Kier molecular flexibility index (Phi) is 3.97. The zero-order chi connectivity index (χ0) is 10.6. The lowest BCUT2D eigenvalue weighted by molar-refractivity contribution is -0.140. The molecule has 0 aromatic rings. The van der Waals surface area contributed by atoms with Gasteiger partial charge in [-0.25, -0.2) is 0 Å². The molecule has 0 saturated carbocycles. The Morgan fingerprint density at radius 3 is 2.23 bits per heavy atom. The molecule has 4 N–H and O–H groups in total. The van der Waals surface area contributed by atoms with E-state index >= 15 is 0 Å². The van der Waals surface area contributed by atoms with Crippen LogP contribution in [0.1, 0.15) is 6.92 Å². The van der Waals surface area contributed by atoms with Crippen molar-refractivity contribution in [1.82, 2.24) is 0 Å². The zero-order valence-corrected chi connectivity index (χ0v) is 6.95. The Hall–Kier alpha value is -1.00. The molecule has 0 fully saturated rings. The Labute approximate surface area is 74.7 Å². The normalized spacial score (nSPS) is 22.2. The maximum absolute atomic E-state index is 9.98. The molecule has 13 heavy (non-hydrogen) atoms. The fourth-order valence-electron chi connectivity index (χ4n) is 0.666. The highest BCUT2D eigenvalue weighted by Gasteiger charge is 2.38. The number of aldehydes is 1. The molecule has 0 aliphatic carbocycles. The van der Waals surface area contributed by atoms with E-state index in [1.54, 1.807) is 0 Å². The lowest BCUT2D eigenvalue weighted by atomic mass is 9.94. The van der Waals surface area contributed by atoms with Crippen molar-refractivity contribution in [1.29, 1.82) is 5.26 Å². The number of carbonyl (C=O) groups is 1. The molecule has 6 nitrogen and oxygen atoms in total. The molecular weight excluding hydrogens is 178 g/mol. The molecule has 0 aromatic carbocycles. The highest BCUT2D eigenvalue weighted by atomic mass is 16.4. The summed E-state index contributed by atoms with van der Waals surface area (Å²) in [5, 5.41) is 44.3. The van der Waals surface area contributed by atoms with Crippen molar-refractivity contribution in [2.75, 3.05) is 0 Å². The average molecular weight is 189 g/mol. The van der Waals surface area contributed by atoms with Crippen molar-refractivity contribution in [2.45, 2.75) is 30.8 Å². The van der Waals surface area contributed by atoms with Crippen LogP contribution in [0.3, 0.4) is 0 Å². The van der Waals surface area contributed by atoms with E-state index in [9.17, 15) is 4.79 Å². The fourth-order valence-corrected chi connectivity index (χ4v) is 0.666. The van der Waals surface area contributed by atoms with Crippen LogP contribution in [0.2, 0.25) is 0 Å². The average Bonchev–Trinajstić information content (AvgIpc) is 2.14. The summed E-state index contributed by atoms with van der Waals surface area (Å²) in [6.45, 7) is 0.957. The first-order chi connectivity index (χ1) is 5.86. The van der Waals surface area contributed by atoms with Crippen LogP contribution in [0.4, 0.5) is 0 Å². The summed E-state index contributed by atoms with van der Waals surface area (Å²) in [4.78, 5) is 9.98. The number of nitrogens with zero attached hydrogens (tertiary/aromatic N) is 1. The second-order valence-corrected chi connectivity index (χ2v) is 2.82. The standard InChI is InChI=1S/C7H11NO5/c1-7(13,3-8)6(12)5(11)4(10)2-9/h2,4-6,10-13H,1H3/t4-,5+,6+,7-/m0/s1. The highest BCUT2D eigenvalue weighted by molar-refractivity contribution is 5.56. The van der Waals surface area contributed by atoms with Gasteiger partial charge in [0.15, 0.2) is 11.9 Å². The molecule has 0 bridgehead atoms. The topological polar surface area (TPSA) is 122 Å². The van der Waals surface area contributed by atoms with E-state index in [4.69, 9.17) is 25.7 Å². The van der Waals surface area contributed by atoms with Gasteiger partial charge in [0.25, 0.3) is 0 Å². The first-order valence-electron chi connectivity index (χ1n) is 3.50. The van der Waals surface area contributed by atoms with Gasteiger partial charge in [-0.05, 0) is 6.92 Å². The minimum atomic E-state index is -2.20. The second-order valence-electron chi connectivity index (χ2n) is 2.82. The van der Waals surface area contributed by atoms with Crippen LogP contribution < -0.4 is 0 Å². The van der Waals surface area contributed by atoms with Gasteiger partial charge in [0.2, 0.25) is 0 Å². The molecule has 74 valence electrons. The predicted molar refractivity (Wildman–Crippen MR) is 40.3 cm³/mol. The van der Waals surface area contributed by atoms with Crippen LogP contribution in [-0.4, -0.2) is 50.6 Å². The lowest BCUT2D eigenvalue weighted by Gasteiger charge is -2.27. The van der Waals surface area contributed by atoms with Gasteiger partial charge in [-0.1, -0.05) is 0 Å². The molecule has 0 aliphatic rings. The van der Waals surface area contributed by atoms with Gasteiger partial charge in [0.1, 0.15) is 18.3 Å². The van der Waals surface area contributed by atoms with Crippen LogP contribution in [0.15, 0.2) is 0 Å². The maximum Gasteiger partial charge on any atom is 0.176 e. The third-order valence-corrected chi connectivity index (χ3v) is 1.62. The van der Waals surface area contributed by atoms with E-state index in [0.29, 0.717) is 0 Å². The van der Waals surface area contributed by atoms with Gasteiger partial charge in [-0.3, -0.25) is 0 Å². The van der Waals surface area contributed by atoms with Crippen LogP contribution in [-0.2, 0) is 4.79 Å². The summed E-state index contributed by atoms with van der Waals surface area (Å²) < 4.78 is 0. The first kappa shape index (κ1) is 12.0. The van der Waals surface area contributed by atoms with Gasteiger partial charge in [0, 0.05) is 0 Å². The van der Waals surface area contributed by atoms with Crippen molar-refractivity contribution >= 4 is 6.29 Å². The fraction of sp³-hybridized carbons (Fsp3) is 0.714. The lowest BCUT2D eigenvalue weighted by Crippen LogP contribution is -2.50. The summed E-state index contributed by atoms with van der Waals surface area (Å²) in [6.07, 6.45) is -5.61. The van der Waals surface area contributed by atoms with Crippen molar-refractivity contribution in [3.05, 3.63) is 0 Å². The Bertz CT molecular complexity index is 221. The summed E-state index contributed by atoms with van der Waals surface area (Å²) in [5.74, 6) is 0. The first-order valence-corrected chi connectivity index (χ1v) is 3.50. The molecule has 0 rings (SSSR count). The van der Waals surface area contributed by atoms with Crippen molar-refractivity contribution in [3.8, 4) is 6.07 Å². The van der Waals surface area contributed by atoms with Gasteiger partial charge in [-0.2, -0.15) is 5.26 Å². The van der Waals surface area contributed by atoms with E-state index in [2.05, 4.69) is 0 Å². The monoisotopic (exact) mass is 189 g/mol. The number of hydrogen-bond donors (Lipinski definition) is 4. The Balaban J connectivity index is 4.52. The molecule has 0 saturated heterocycles.